The molecule has 2 nitrogen and oxygen atoms in total. The molecule has 3 aliphatic rings. The van der Waals surface area contributed by atoms with Crippen molar-refractivity contribution >= 4 is 58.6 Å². The van der Waals surface area contributed by atoms with Gasteiger partial charge in [-0.15, -0.1) is 0 Å². The normalized spacial score (nSPS) is 17.3. The Morgan fingerprint density at radius 3 is 0.844 bits per heavy atom. The molecule has 0 amide bonds. The molecule has 0 N–H and O–H groups in total. The van der Waals surface area contributed by atoms with Gasteiger partial charge in [0.15, 0.2) is 11.6 Å². The first kappa shape index (κ1) is 66.0. The molecule has 3 aliphatic carbocycles. The molecular formula is C84H96O2S4. The molecule has 0 spiro atoms. The minimum atomic E-state index is -0.0947. The number of aryl methyl sites for hydroxylation is 2. The predicted molar refractivity (Wildman–Crippen MR) is 386 cm³/mol. The highest BCUT2D eigenvalue weighted by Gasteiger charge is 2.38. The number of benzene rings is 8. The highest BCUT2D eigenvalue weighted by molar-refractivity contribution is 8.00. The van der Waals surface area contributed by atoms with Crippen LogP contribution in [0.1, 0.15) is 248 Å². The van der Waals surface area contributed by atoms with Crippen molar-refractivity contribution in [2.45, 2.75) is 246 Å². The second kappa shape index (κ2) is 33.4. The lowest BCUT2D eigenvalue weighted by atomic mass is 9.77. The number of unbranched alkanes of at least 4 members (excludes halogenated alkanes) is 10. The lowest BCUT2D eigenvalue weighted by Gasteiger charge is -2.29. The van der Waals surface area contributed by atoms with E-state index >= 15 is 9.59 Å². The van der Waals surface area contributed by atoms with Gasteiger partial charge in [0.05, 0.1) is 0 Å². The largest absolute Gasteiger partial charge is 0.288 e. The Kier molecular flexibility index (Phi) is 24.5. The summed E-state index contributed by atoms with van der Waals surface area (Å²) in [5.74, 6) is 2.94. The first-order chi connectivity index (χ1) is 44.2. The molecule has 0 heterocycles. The second-order valence-electron chi connectivity index (χ2n) is 26.3. The third-order valence-corrected chi connectivity index (χ3v) is 24.1. The van der Waals surface area contributed by atoms with E-state index in [1.807, 2.05) is 0 Å². The fourth-order valence-corrected chi connectivity index (χ4v) is 18.2. The van der Waals surface area contributed by atoms with Crippen LogP contribution in [0.4, 0.5) is 0 Å². The quantitative estimate of drug-likeness (QED) is 0.0418. The van der Waals surface area contributed by atoms with Gasteiger partial charge in [0.1, 0.15) is 0 Å². The summed E-state index contributed by atoms with van der Waals surface area (Å²) in [5.41, 5.74) is 12.4. The zero-order valence-corrected chi connectivity index (χ0v) is 57.6. The number of carbonyl (C=O) groups excluding carboxylic acids is 2. The van der Waals surface area contributed by atoms with E-state index in [0.29, 0.717) is 34.1 Å². The third-order valence-electron chi connectivity index (χ3n) is 19.8. The fraction of sp³-hybridized carbons (Fsp3) is 0.405. The molecule has 0 unspecified atom stereocenters. The fourth-order valence-electron chi connectivity index (χ4n) is 14.4. The minimum absolute atomic E-state index is 0.0905. The van der Waals surface area contributed by atoms with E-state index in [0.717, 1.165) is 63.8 Å². The van der Waals surface area contributed by atoms with E-state index in [4.69, 9.17) is 0 Å². The van der Waals surface area contributed by atoms with Gasteiger partial charge in [-0.25, -0.2) is 0 Å². The van der Waals surface area contributed by atoms with Crippen molar-refractivity contribution in [2.24, 2.45) is 11.8 Å². The summed E-state index contributed by atoms with van der Waals surface area (Å²) in [6.07, 6.45) is 33.5. The Balaban J connectivity index is 0.889. The number of rotatable bonds is 30. The van der Waals surface area contributed by atoms with E-state index in [1.54, 1.807) is 47.0 Å². The summed E-state index contributed by atoms with van der Waals surface area (Å²) >= 11 is 6.36. The molecule has 468 valence electrons. The van der Waals surface area contributed by atoms with Crippen LogP contribution < -0.4 is 0 Å². The van der Waals surface area contributed by atoms with Crippen LogP contribution in [0.25, 0.3) is 22.3 Å². The minimum Gasteiger partial charge on any atom is -0.288 e. The van der Waals surface area contributed by atoms with Crippen molar-refractivity contribution in [2.75, 3.05) is 0 Å². The molecule has 0 bridgehead atoms. The Bertz CT molecular complexity index is 3330. The molecule has 0 aliphatic heterocycles. The lowest BCUT2D eigenvalue weighted by Crippen LogP contribution is -2.24. The van der Waals surface area contributed by atoms with Crippen molar-refractivity contribution in [3.8, 4) is 22.3 Å². The standard InChI is InChI=1S/C84H96O2S4/c1-5-9-13-17-21-61-27-47-71(48-28-61)87-75-55-57-77(89-73-51-43-69(44-52-73)67-39-35-65(36-40-67)63-31-23-59(24-32-63)19-15-11-7-3)81-79(75)83(85)80-76(88-72-49-29-62(30-50-72)22-18-14-10-6-2)56-58-78(82(80)84(81)86)90-74-53-45-70(46-54-74)68-41-37-66(38-42-68)64-33-25-60(26-34-64)20-16-12-8-4/h27-30,35-60,63-64H,5-26,31-34H2,1-4H3. The van der Waals surface area contributed by atoms with Crippen LogP contribution in [0.15, 0.2) is 209 Å². The maximum Gasteiger partial charge on any atom is 0.196 e. The lowest BCUT2D eigenvalue weighted by molar-refractivity contribution is 0.0970. The molecule has 90 heavy (non-hydrogen) atoms. The Morgan fingerprint density at radius 1 is 0.289 bits per heavy atom. The monoisotopic (exact) mass is 1260 g/mol. The molecule has 2 fully saturated rings. The van der Waals surface area contributed by atoms with Gasteiger partial charge in [0.2, 0.25) is 0 Å². The van der Waals surface area contributed by atoms with Crippen molar-refractivity contribution < 1.29 is 9.59 Å². The Labute approximate surface area is 558 Å². The van der Waals surface area contributed by atoms with E-state index in [2.05, 4.69) is 198 Å². The number of carbonyl (C=O) groups is 2. The van der Waals surface area contributed by atoms with Crippen molar-refractivity contribution in [3.05, 3.63) is 214 Å². The zero-order chi connectivity index (χ0) is 62.0. The van der Waals surface area contributed by atoms with Gasteiger partial charge in [-0.3, -0.25) is 9.59 Å². The highest BCUT2D eigenvalue weighted by Crippen LogP contribution is 2.49. The van der Waals surface area contributed by atoms with Gasteiger partial charge >= 0.3 is 0 Å². The van der Waals surface area contributed by atoms with Crippen LogP contribution in [0.3, 0.4) is 0 Å². The van der Waals surface area contributed by atoms with Crippen LogP contribution in [0.5, 0.6) is 0 Å². The van der Waals surface area contributed by atoms with E-state index in [-0.39, 0.29) is 11.6 Å². The molecule has 2 saturated carbocycles. The van der Waals surface area contributed by atoms with E-state index in [1.165, 1.54) is 199 Å². The van der Waals surface area contributed by atoms with Crippen LogP contribution >= 0.6 is 47.0 Å². The van der Waals surface area contributed by atoms with E-state index in [9.17, 15) is 0 Å². The average Bonchev–Trinajstić information content (AvgIpc) is 0.770. The molecule has 8 aromatic carbocycles. The number of fused-ring (bicyclic) bond motifs is 2. The van der Waals surface area contributed by atoms with Crippen LogP contribution in [0, 0.1) is 11.8 Å². The maximum atomic E-state index is 16.2. The summed E-state index contributed by atoms with van der Waals surface area (Å²) in [6, 6.07) is 62.4. The number of hydrogen-bond acceptors (Lipinski definition) is 6. The van der Waals surface area contributed by atoms with Crippen molar-refractivity contribution in [3.63, 3.8) is 0 Å². The van der Waals surface area contributed by atoms with Gasteiger partial charge in [-0.05, 0) is 218 Å². The summed E-state index contributed by atoms with van der Waals surface area (Å²) in [5, 5.41) is 0. The summed E-state index contributed by atoms with van der Waals surface area (Å²) in [6.45, 7) is 9.13. The van der Waals surface area contributed by atoms with Gasteiger partial charge in [-0.2, -0.15) is 0 Å². The zero-order valence-electron chi connectivity index (χ0n) is 54.3. The summed E-state index contributed by atoms with van der Waals surface area (Å²) in [4.78, 5) is 39.7. The smallest absolute Gasteiger partial charge is 0.196 e. The van der Waals surface area contributed by atoms with Gasteiger partial charge in [0.25, 0.3) is 0 Å². The summed E-state index contributed by atoms with van der Waals surface area (Å²) in [7, 11) is 0. The maximum absolute atomic E-state index is 16.2. The number of hydrogen-bond donors (Lipinski definition) is 0. The Hall–Kier alpha value is -5.50. The van der Waals surface area contributed by atoms with Gasteiger partial charge < -0.3 is 0 Å². The molecular weight excluding hydrogens is 1170 g/mol. The van der Waals surface area contributed by atoms with Crippen LogP contribution in [0.2, 0.25) is 0 Å². The van der Waals surface area contributed by atoms with Crippen LogP contribution in [-0.2, 0) is 12.8 Å². The number of ketones is 2. The average molecular weight is 1270 g/mol. The second-order valence-corrected chi connectivity index (χ2v) is 30.8. The van der Waals surface area contributed by atoms with Crippen molar-refractivity contribution in [1.29, 1.82) is 0 Å². The van der Waals surface area contributed by atoms with Crippen LogP contribution in [-0.4, -0.2) is 11.6 Å². The third kappa shape index (κ3) is 17.2. The van der Waals surface area contributed by atoms with Gasteiger partial charge in [0, 0.05) is 61.4 Å². The Morgan fingerprint density at radius 2 is 0.556 bits per heavy atom. The highest BCUT2D eigenvalue weighted by atomic mass is 32.2. The molecule has 0 saturated heterocycles. The first-order valence-electron chi connectivity index (χ1n) is 35.0. The molecule has 6 heteroatoms. The molecule has 0 atom stereocenters. The van der Waals surface area contributed by atoms with Gasteiger partial charge in [-0.1, -0.05) is 262 Å². The molecule has 0 radical (unpaired) electrons. The first-order valence-corrected chi connectivity index (χ1v) is 38.3. The SMILES string of the molecule is CCCCCCc1ccc(Sc2ccc(Sc3ccc(-c4ccc(C5CCC(CCCCC)CC5)cc4)cc3)c3c2C(=O)c2c(Sc4ccc(CCCCCC)cc4)ccc(Sc4ccc(-c5ccc(C6CCC(CCCCC)CC6)cc5)cc4)c2C3=O)cc1. The predicted octanol–water partition coefficient (Wildman–Crippen LogP) is 26.4. The van der Waals surface area contributed by atoms with E-state index < -0.39 is 0 Å². The topological polar surface area (TPSA) is 34.1 Å². The molecule has 11 rings (SSSR count). The molecule has 0 aromatic heterocycles. The van der Waals surface area contributed by atoms with Crippen molar-refractivity contribution in [1.82, 2.24) is 0 Å². The molecule has 8 aromatic rings. The summed E-state index contributed by atoms with van der Waals surface area (Å²) < 4.78 is 0.